The first kappa shape index (κ1) is 14.8. The second-order valence-electron chi connectivity index (χ2n) is 6.30. The zero-order valence-electron chi connectivity index (χ0n) is 13.6. The maximum absolute atomic E-state index is 2.29. The van der Waals surface area contributed by atoms with Crippen LogP contribution in [0.25, 0.3) is 6.08 Å². The summed E-state index contributed by atoms with van der Waals surface area (Å²) in [5.41, 5.74) is 8.65. The van der Waals surface area contributed by atoms with E-state index < -0.39 is 0 Å². The van der Waals surface area contributed by atoms with Crippen LogP contribution in [0.5, 0.6) is 0 Å². The molecule has 0 saturated heterocycles. The maximum atomic E-state index is 2.29. The maximum Gasteiger partial charge on any atom is -0.00944 e. The molecule has 2 aromatic rings. The number of allylic oxidation sites excluding steroid dienone is 3. The van der Waals surface area contributed by atoms with Crippen LogP contribution in [-0.4, -0.2) is 0 Å². The molecule has 2 aliphatic rings. The Balaban J connectivity index is 0.000000131. The first-order valence-corrected chi connectivity index (χ1v) is 8.22. The summed E-state index contributed by atoms with van der Waals surface area (Å²) in [4.78, 5) is 0. The molecule has 0 heteroatoms. The minimum absolute atomic E-state index is 1.12. The Labute approximate surface area is 134 Å². The highest BCUT2D eigenvalue weighted by molar-refractivity contribution is 5.57. The third kappa shape index (κ3) is 3.57. The molecule has 0 amide bonds. The van der Waals surface area contributed by atoms with E-state index >= 15 is 0 Å². The van der Waals surface area contributed by atoms with Gasteiger partial charge >= 0.3 is 0 Å². The lowest BCUT2D eigenvalue weighted by molar-refractivity contribution is 0.984. The molecular weight excluding hydrogens is 264 g/mol. The van der Waals surface area contributed by atoms with Crippen molar-refractivity contribution in [2.24, 2.45) is 0 Å². The van der Waals surface area contributed by atoms with E-state index in [-0.39, 0.29) is 0 Å². The molecule has 0 bridgehead atoms. The zero-order valence-corrected chi connectivity index (χ0v) is 13.6. The van der Waals surface area contributed by atoms with Crippen molar-refractivity contribution in [2.45, 2.75) is 39.5 Å². The zero-order chi connectivity index (χ0) is 15.4. The first-order valence-electron chi connectivity index (χ1n) is 8.22. The van der Waals surface area contributed by atoms with Gasteiger partial charge in [0.2, 0.25) is 0 Å². The van der Waals surface area contributed by atoms with Gasteiger partial charge in [-0.2, -0.15) is 0 Å². The number of benzene rings is 2. The van der Waals surface area contributed by atoms with Crippen molar-refractivity contribution in [3.05, 3.63) is 88.0 Å². The molecule has 0 saturated carbocycles. The average molecular weight is 288 g/mol. The van der Waals surface area contributed by atoms with Crippen LogP contribution in [0.15, 0.2) is 54.6 Å². The van der Waals surface area contributed by atoms with Crippen molar-refractivity contribution < 1.29 is 0 Å². The molecule has 112 valence electrons. The van der Waals surface area contributed by atoms with Crippen LogP contribution in [0.4, 0.5) is 0 Å². The molecule has 2 aromatic carbocycles. The average Bonchev–Trinajstić information content (AvgIpc) is 2.55. The van der Waals surface area contributed by atoms with Gasteiger partial charge in [-0.3, -0.25) is 0 Å². The van der Waals surface area contributed by atoms with E-state index in [1.807, 2.05) is 0 Å². The SMILES string of the molecule is Cc1ccc2c(c1)C=CCC2.Cc1ccc2c(c1)CC=CC2. The fourth-order valence-electron chi connectivity index (χ4n) is 3.11. The van der Waals surface area contributed by atoms with Crippen LogP contribution in [0.3, 0.4) is 0 Å². The van der Waals surface area contributed by atoms with Gasteiger partial charge in [-0.25, -0.2) is 0 Å². The normalized spacial score (nSPS) is 14.6. The Morgan fingerprint density at radius 1 is 0.682 bits per heavy atom. The Kier molecular flexibility index (Phi) is 4.58. The number of hydrogen-bond acceptors (Lipinski definition) is 0. The number of aryl methyl sites for hydroxylation is 3. The van der Waals surface area contributed by atoms with Crippen molar-refractivity contribution in [3.8, 4) is 0 Å². The molecule has 22 heavy (non-hydrogen) atoms. The van der Waals surface area contributed by atoms with Gasteiger partial charge in [0.1, 0.15) is 0 Å². The van der Waals surface area contributed by atoms with E-state index in [1.165, 1.54) is 46.2 Å². The second kappa shape index (κ2) is 6.79. The van der Waals surface area contributed by atoms with E-state index in [0.717, 1.165) is 12.8 Å². The quantitative estimate of drug-likeness (QED) is 0.553. The molecule has 0 aromatic heterocycles. The number of fused-ring (bicyclic) bond motifs is 2. The summed E-state index contributed by atoms with van der Waals surface area (Å²) < 4.78 is 0. The summed E-state index contributed by atoms with van der Waals surface area (Å²) in [6, 6.07) is 13.4. The molecule has 0 spiro atoms. The van der Waals surface area contributed by atoms with Gasteiger partial charge in [-0.15, -0.1) is 0 Å². The van der Waals surface area contributed by atoms with Gasteiger partial charge in [0, 0.05) is 0 Å². The second-order valence-corrected chi connectivity index (χ2v) is 6.30. The highest BCUT2D eigenvalue weighted by atomic mass is 14.1. The molecule has 0 aliphatic heterocycles. The molecule has 4 rings (SSSR count). The highest BCUT2D eigenvalue weighted by Crippen LogP contribution is 2.19. The van der Waals surface area contributed by atoms with Gasteiger partial charge in [0.05, 0.1) is 0 Å². The van der Waals surface area contributed by atoms with Gasteiger partial charge in [-0.05, 0) is 61.8 Å². The molecule has 0 nitrogen and oxygen atoms in total. The minimum Gasteiger partial charge on any atom is -0.0838 e. The first-order chi connectivity index (χ1) is 10.7. The molecular formula is C22H24. The number of hydrogen-bond donors (Lipinski definition) is 0. The van der Waals surface area contributed by atoms with Crippen LogP contribution in [0, 0.1) is 13.8 Å². The van der Waals surface area contributed by atoms with Gasteiger partial charge in [0.15, 0.2) is 0 Å². The Morgan fingerprint density at radius 3 is 2.18 bits per heavy atom. The smallest absolute Gasteiger partial charge is 0.00944 e. The summed E-state index contributed by atoms with van der Waals surface area (Å²) >= 11 is 0. The third-order valence-corrected chi connectivity index (χ3v) is 4.38. The van der Waals surface area contributed by atoms with Crippen molar-refractivity contribution >= 4 is 6.08 Å². The molecule has 0 N–H and O–H groups in total. The van der Waals surface area contributed by atoms with E-state index in [9.17, 15) is 0 Å². The molecule has 0 fully saturated rings. The monoisotopic (exact) mass is 288 g/mol. The minimum atomic E-state index is 1.12. The Bertz CT molecular complexity index is 717. The van der Waals surface area contributed by atoms with E-state index in [0.29, 0.717) is 0 Å². The summed E-state index contributed by atoms with van der Waals surface area (Å²) in [7, 11) is 0. The van der Waals surface area contributed by atoms with Crippen molar-refractivity contribution in [1.29, 1.82) is 0 Å². The fourth-order valence-corrected chi connectivity index (χ4v) is 3.11. The van der Waals surface area contributed by atoms with Crippen LogP contribution in [0.2, 0.25) is 0 Å². The molecule has 0 atom stereocenters. The van der Waals surface area contributed by atoms with Crippen molar-refractivity contribution in [2.75, 3.05) is 0 Å². The third-order valence-electron chi connectivity index (χ3n) is 4.38. The molecule has 0 radical (unpaired) electrons. The Hall–Kier alpha value is -2.08. The predicted molar refractivity (Wildman–Crippen MR) is 96.3 cm³/mol. The van der Waals surface area contributed by atoms with E-state index in [1.54, 1.807) is 0 Å². The van der Waals surface area contributed by atoms with E-state index in [2.05, 4.69) is 74.5 Å². The van der Waals surface area contributed by atoms with Crippen molar-refractivity contribution in [1.82, 2.24) is 0 Å². The van der Waals surface area contributed by atoms with Crippen molar-refractivity contribution in [3.63, 3.8) is 0 Å². The lowest BCUT2D eigenvalue weighted by Gasteiger charge is -2.10. The largest absolute Gasteiger partial charge is 0.0838 e. The molecule has 0 heterocycles. The topological polar surface area (TPSA) is 0 Å². The summed E-state index contributed by atoms with van der Waals surface area (Å²) in [6.07, 6.45) is 13.6. The molecule has 2 aliphatic carbocycles. The van der Waals surface area contributed by atoms with Gasteiger partial charge < -0.3 is 0 Å². The van der Waals surface area contributed by atoms with Crippen LogP contribution < -0.4 is 0 Å². The van der Waals surface area contributed by atoms with E-state index in [4.69, 9.17) is 0 Å². The molecule has 0 unspecified atom stereocenters. The van der Waals surface area contributed by atoms with Gasteiger partial charge in [0.25, 0.3) is 0 Å². The van der Waals surface area contributed by atoms with Crippen LogP contribution in [0.1, 0.15) is 39.8 Å². The Morgan fingerprint density at radius 2 is 1.36 bits per heavy atom. The lowest BCUT2D eigenvalue weighted by atomic mass is 9.95. The predicted octanol–water partition coefficient (Wildman–Crippen LogP) is 5.60. The fraction of sp³-hybridized carbons (Fsp3) is 0.273. The highest BCUT2D eigenvalue weighted by Gasteiger charge is 2.03. The lowest BCUT2D eigenvalue weighted by Crippen LogP contribution is -1.96. The van der Waals surface area contributed by atoms with Crippen LogP contribution in [-0.2, 0) is 19.3 Å². The van der Waals surface area contributed by atoms with Crippen LogP contribution >= 0.6 is 0 Å². The summed E-state index contributed by atoms with van der Waals surface area (Å²) in [6.45, 7) is 4.29. The standard InChI is InChI=1S/2C11H12/c2*1-9-6-7-10-4-2-3-5-11(10)8-9/h3,5-8H,2,4H2,1H3;2-3,6-8H,4-5H2,1H3. The summed E-state index contributed by atoms with van der Waals surface area (Å²) in [5, 5.41) is 0. The number of rotatable bonds is 0. The van der Waals surface area contributed by atoms with Gasteiger partial charge in [-0.1, -0.05) is 71.8 Å². The summed E-state index contributed by atoms with van der Waals surface area (Å²) in [5.74, 6) is 0.